The van der Waals surface area contributed by atoms with Crippen LogP contribution in [0.2, 0.25) is 5.02 Å². The SMILES string of the molecule is O=C(O)C(O)(NS(=O)(=O)c1ccc(Oc2ccccc2)c(Cl)c1)Oc1cccc2c1OC1CCCC21. The van der Waals surface area contributed by atoms with Gasteiger partial charge >= 0.3 is 11.9 Å². The van der Waals surface area contributed by atoms with Gasteiger partial charge in [-0.25, -0.2) is 13.2 Å². The van der Waals surface area contributed by atoms with Gasteiger partial charge in [-0.15, -0.1) is 4.72 Å². The third-order valence-electron chi connectivity index (χ3n) is 6.14. The van der Waals surface area contributed by atoms with Crippen LogP contribution < -0.4 is 18.9 Å². The number of ether oxygens (including phenoxy) is 3. The summed E-state index contributed by atoms with van der Waals surface area (Å²) in [6.07, 6.45) is 2.72. The van der Waals surface area contributed by atoms with Gasteiger partial charge in [-0.3, -0.25) is 0 Å². The first-order chi connectivity index (χ1) is 17.2. The lowest BCUT2D eigenvalue weighted by Gasteiger charge is -2.26. The maximum atomic E-state index is 13.0. The van der Waals surface area contributed by atoms with E-state index in [4.69, 9.17) is 25.8 Å². The molecule has 3 atom stereocenters. The molecule has 0 aromatic heterocycles. The molecule has 1 saturated carbocycles. The number of fused-ring (bicyclic) bond motifs is 3. The summed E-state index contributed by atoms with van der Waals surface area (Å²) in [5.74, 6) is -4.23. The highest BCUT2D eigenvalue weighted by molar-refractivity contribution is 7.89. The molecule has 3 N–H and O–H groups in total. The number of benzene rings is 3. The maximum Gasteiger partial charge on any atom is 0.395 e. The van der Waals surface area contributed by atoms with Gasteiger partial charge < -0.3 is 24.4 Å². The summed E-state index contributed by atoms with van der Waals surface area (Å²) in [4.78, 5) is 11.6. The van der Waals surface area contributed by atoms with Crippen molar-refractivity contribution in [1.82, 2.24) is 4.72 Å². The molecule has 1 fully saturated rings. The molecular formula is C25H22ClNO8S. The predicted octanol–water partition coefficient (Wildman–Crippen LogP) is 4.25. The van der Waals surface area contributed by atoms with Crippen molar-refractivity contribution in [3.63, 3.8) is 0 Å². The monoisotopic (exact) mass is 531 g/mol. The van der Waals surface area contributed by atoms with Crippen molar-refractivity contribution in [1.29, 1.82) is 0 Å². The molecule has 1 aliphatic carbocycles. The second-order valence-corrected chi connectivity index (χ2v) is 10.6. The maximum absolute atomic E-state index is 13.0. The molecule has 188 valence electrons. The van der Waals surface area contributed by atoms with Crippen LogP contribution in [0.3, 0.4) is 0 Å². The topological polar surface area (TPSA) is 131 Å². The average molecular weight is 532 g/mol. The van der Waals surface area contributed by atoms with Gasteiger partial charge in [-0.2, -0.15) is 0 Å². The second-order valence-electron chi connectivity index (χ2n) is 8.53. The fourth-order valence-electron chi connectivity index (χ4n) is 4.46. The smallest absolute Gasteiger partial charge is 0.395 e. The van der Waals surface area contributed by atoms with Gasteiger partial charge in [-0.05, 0) is 55.7 Å². The fourth-order valence-corrected chi connectivity index (χ4v) is 5.88. The van der Waals surface area contributed by atoms with E-state index in [2.05, 4.69) is 0 Å². The van der Waals surface area contributed by atoms with Gasteiger partial charge in [0.05, 0.1) is 9.92 Å². The minimum absolute atomic E-state index is 0.0395. The van der Waals surface area contributed by atoms with Crippen molar-refractivity contribution < 1.29 is 37.6 Å². The molecule has 11 heteroatoms. The molecule has 3 aromatic rings. The van der Waals surface area contributed by atoms with Crippen molar-refractivity contribution in [3.8, 4) is 23.0 Å². The zero-order valence-corrected chi connectivity index (χ0v) is 20.3. The number of hydrogen-bond acceptors (Lipinski definition) is 7. The number of hydrogen-bond donors (Lipinski definition) is 3. The number of aliphatic carboxylic acids is 1. The zero-order chi connectivity index (χ0) is 25.5. The zero-order valence-electron chi connectivity index (χ0n) is 18.8. The molecule has 3 aromatic carbocycles. The largest absolute Gasteiger partial charge is 0.486 e. The van der Waals surface area contributed by atoms with Gasteiger partial charge in [0.2, 0.25) is 10.0 Å². The summed E-state index contributed by atoms with van der Waals surface area (Å²) < 4.78 is 44.7. The number of para-hydroxylation sites is 2. The lowest BCUT2D eigenvalue weighted by molar-refractivity contribution is -0.197. The molecule has 1 aliphatic heterocycles. The number of nitrogens with one attached hydrogen (secondary N) is 1. The molecule has 1 heterocycles. The second kappa shape index (κ2) is 9.29. The predicted molar refractivity (Wildman–Crippen MR) is 129 cm³/mol. The molecule has 0 saturated heterocycles. The van der Waals surface area contributed by atoms with E-state index in [0.29, 0.717) is 11.5 Å². The van der Waals surface area contributed by atoms with Gasteiger partial charge in [-0.1, -0.05) is 41.9 Å². The quantitative estimate of drug-likeness (QED) is 0.368. The fraction of sp³-hybridized carbons (Fsp3) is 0.240. The Kier molecular flexibility index (Phi) is 6.29. The molecule has 2 aliphatic rings. The third kappa shape index (κ3) is 4.60. The first-order valence-electron chi connectivity index (χ1n) is 11.2. The minimum Gasteiger partial charge on any atom is -0.486 e. The summed E-state index contributed by atoms with van der Waals surface area (Å²) in [5, 5.41) is 20.4. The summed E-state index contributed by atoms with van der Waals surface area (Å²) >= 11 is 6.22. The van der Waals surface area contributed by atoms with E-state index < -0.39 is 26.8 Å². The van der Waals surface area contributed by atoms with Crippen molar-refractivity contribution >= 4 is 27.6 Å². The van der Waals surface area contributed by atoms with E-state index in [1.165, 1.54) is 18.2 Å². The van der Waals surface area contributed by atoms with Gasteiger partial charge in [0, 0.05) is 11.5 Å². The Balaban J connectivity index is 1.39. The van der Waals surface area contributed by atoms with E-state index in [1.54, 1.807) is 35.1 Å². The van der Waals surface area contributed by atoms with E-state index in [0.717, 1.165) is 30.9 Å². The molecule has 9 nitrogen and oxygen atoms in total. The Bertz CT molecular complexity index is 1410. The molecule has 3 unspecified atom stereocenters. The molecule has 0 spiro atoms. The van der Waals surface area contributed by atoms with Crippen LogP contribution in [0.4, 0.5) is 0 Å². The molecule has 36 heavy (non-hydrogen) atoms. The normalized spacial score (nSPS) is 20.1. The van der Waals surface area contributed by atoms with Crippen LogP contribution >= 0.6 is 11.6 Å². The number of carboxylic acid groups (broad SMARTS) is 1. The number of carbonyl (C=O) groups is 1. The Morgan fingerprint density at radius 1 is 1.06 bits per heavy atom. The Hall–Kier alpha value is -3.31. The molecule has 0 bridgehead atoms. The number of carboxylic acids is 1. The Morgan fingerprint density at radius 2 is 1.83 bits per heavy atom. The summed E-state index contributed by atoms with van der Waals surface area (Å²) in [6, 6.07) is 17.2. The summed E-state index contributed by atoms with van der Waals surface area (Å²) in [7, 11) is -4.61. The van der Waals surface area contributed by atoms with Gasteiger partial charge in [0.1, 0.15) is 17.6 Å². The van der Waals surface area contributed by atoms with E-state index in [9.17, 15) is 23.4 Å². The number of rotatable bonds is 8. The van der Waals surface area contributed by atoms with Crippen molar-refractivity contribution in [2.75, 3.05) is 0 Å². The highest BCUT2D eigenvalue weighted by atomic mass is 35.5. The Morgan fingerprint density at radius 3 is 2.56 bits per heavy atom. The number of aliphatic hydroxyl groups is 1. The lowest BCUT2D eigenvalue weighted by atomic mass is 9.97. The van der Waals surface area contributed by atoms with E-state index in [1.807, 2.05) is 12.1 Å². The highest BCUT2D eigenvalue weighted by Crippen LogP contribution is 2.51. The molecule has 0 amide bonds. The van der Waals surface area contributed by atoms with Crippen molar-refractivity contribution in [2.24, 2.45) is 0 Å². The van der Waals surface area contributed by atoms with E-state index >= 15 is 0 Å². The standard InChI is InChI=1S/C25H22ClNO8S/c26-19-14-16(12-13-21(19)33-15-6-2-1-3-7-15)36(31,32)27-25(30,24(28)29)35-22-11-5-9-18-17-8-4-10-20(17)34-23(18)22/h1-3,5-7,9,11-14,17,20,27,30H,4,8,10H2,(H,28,29). The summed E-state index contributed by atoms with van der Waals surface area (Å²) in [5.41, 5.74) is 0.839. The highest BCUT2D eigenvalue weighted by Gasteiger charge is 2.46. The van der Waals surface area contributed by atoms with E-state index in [-0.39, 0.29) is 28.5 Å². The van der Waals surface area contributed by atoms with Gasteiger partial charge in [0.25, 0.3) is 0 Å². The first-order valence-corrected chi connectivity index (χ1v) is 13.0. The first kappa shape index (κ1) is 24.4. The van der Waals surface area contributed by atoms with Crippen LogP contribution in [0.5, 0.6) is 23.0 Å². The molecule has 5 rings (SSSR count). The van der Waals surface area contributed by atoms with Crippen LogP contribution in [-0.4, -0.2) is 36.6 Å². The van der Waals surface area contributed by atoms with Crippen LogP contribution in [0, 0.1) is 0 Å². The van der Waals surface area contributed by atoms with Crippen molar-refractivity contribution in [3.05, 3.63) is 77.3 Å². The molecule has 0 radical (unpaired) electrons. The minimum atomic E-state index is -4.61. The number of halogens is 1. The Labute approximate surface area is 212 Å². The van der Waals surface area contributed by atoms with Crippen LogP contribution in [0.15, 0.2) is 71.6 Å². The van der Waals surface area contributed by atoms with Crippen molar-refractivity contribution in [2.45, 2.75) is 42.1 Å². The van der Waals surface area contributed by atoms with Crippen LogP contribution in [-0.2, 0) is 14.8 Å². The lowest BCUT2D eigenvalue weighted by Crippen LogP contribution is -2.58. The molecular weight excluding hydrogens is 510 g/mol. The number of sulfonamides is 1. The van der Waals surface area contributed by atoms with Gasteiger partial charge in [0.15, 0.2) is 11.5 Å². The average Bonchev–Trinajstić information content (AvgIpc) is 3.43. The summed E-state index contributed by atoms with van der Waals surface area (Å²) in [6.45, 7) is 0. The third-order valence-corrected chi connectivity index (χ3v) is 7.85. The van der Waals surface area contributed by atoms with Crippen LogP contribution in [0.25, 0.3) is 0 Å². The van der Waals surface area contributed by atoms with Crippen LogP contribution in [0.1, 0.15) is 30.7 Å².